The molecule has 0 aromatic heterocycles. The number of carbonyl (C=O) groups excluding carboxylic acids is 1. The number of halogens is 2. The van der Waals surface area contributed by atoms with Crippen LogP contribution in [0.1, 0.15) is 24.8 Å². The van der Waals surface area contributed by atoms with Gasteiger partial charge in [-0.25, -0.2) is 0 Å². The minimum Gasteiger partial charge on any atom is -0.326 e. The van der Waals surface area contributed by atoms with Crippen LogP contribution in [0.15, 0.2) is 22.7 Å². The molecule has 1 heterocycles. The summed E-state index contributed by atoms with van der Waals surface area (Å²) in [6, 6.07) is 5.89. The van der Waals surface area contributed by atoms with Crippen molar-refractivity contribution in [2.45, 2.75) is 26.2 Å². The van der Waals surface area contributed by atoms with Gasteiger partial charge in [0.05, 0.1) is 0 Å². The van der Waals surface area contributed by atoms with Gasteiger partial charge < -0.3 is 10.6 Å². The van der Waals surface area contributed by atoms with E-state index < -0.39 is 0 Å². The summed E-state index contributed by atoms with van der Waals surface area (Å²) in [6.45, 7) is 4.09. The number of hydrogen-bond donors (Lipinski definition) is 2. The Morgan fingerprint density at radius 3 is 2.74 bits per heavy atom. The van der Waals surface area contributed by atoms with Gasteiger partial charge in [0.15, 0.2) is 0 Å². The van der Waals surface area contributed by atoms with Crippen molar-refractivity contribution in [3.8, 4) is 0 Å². The highest BCUT2D eigenvalue weighted by Crippen LogP contribution is 2.21. The van der Waals surface area contributed by atoms with E-state index >= 15 is 0 Å². The van der Waals surface area contributed by atoms with Gasteiger partial charge >= 0.3 is 0 Å². The van der Waals surface area contributed by atoms with Crippen molar-refractivity contribution in [2.75, 3.05) is 18.4 Å². The van der Waals surface area contributed by atoms with Crippen LogP contribution in [-0.2, 0) is 4.79 Å². The van der Waals surface area contributed by atoms with E-state index in [1.165, 1.54) is 0 Å². The van der Waals surface area contributed by atoms with Gasteiger partial charge in [-0.15, -0.1) is 12.4 Å². The van der Waals surface area contributed by atoms with E-state index in [9.17, 15) is 4.79 Å². The molecule has 1 saturated heterocycles. The van der Waals surface area contributed by atoms with Crippen molar-refractivity contribution in [3.05, 3.63) is 28.2 Å². The van der Waals surface area contributed by atoms with Gasteiger partial charge in [-0.2, -0.15) is 0 Å². The predicted molar refractivity (Wildman–Crippen MR) is 85.0 cm³/mol. The van der Waals surface area contributed by atoms with Crippen molar-refractivity contribution < 1.29 is 4.79 Å². The molecule has 2 N–H and O–H groups in total. The maximum Gasteiger partial charge on any atom is 0.224 e. The second-order valence-electron chi connectivity index (χ2n) is 4.91. The van der Waals surface area contributed by atoms with Gasteiger partial charge in [-0.05, 0) is 62.5 Å². The van der Waals surface area contributed by atoms with Crippen molar-refractivity contribution >= 4 is 39.9 Å². The van der Waals surface area contributed by atoms with E-state index in [-0.39, 0.29) is 18.3 Å². The maximum absolute atomic E-state index is 11.9. The Morgan fingerprint density at radius 2 is 2.11 bits per heavy atom. The lowest BCUT2D eigenvalue weighted by Gasteiger charge is -2.21. The van der Waals surface area contributed by atoms with Crippen LogP contribution in [0, 0.1) is 12.8 Å². The van der Waals surface area contributed by atoms with E-state index in [1.807, 2.05) is 25.1 Å². The molecule has 106 valence electrons. The molecule has 19 heavy (non-hydrogen) atoms. The average molecular weight is 348 g/mol. The number of aryl methyl sites for hydroxylation is 1. The Labute approximate surface area is 129 Å². The summed E-state index contributed by atoms with van der Waals surface area (Å²) in [5.74, 6) is 0.659. The molecule has 5 heteroatoms. The number of carbonyl (C=O) groups is 1. The zero-order chi connectivity index (χ0) is 13.0. The third-order valence-electron chi connectivity index (χ3n) is 3.37. The average Bonchev–Trinajstić information content (AvgIpc) is 2.35. The van der Waals surface area contributed by atoms with E-state index in [1.54, 1.807) is 0 Å². The number of rotatable bonds is 3. The molecule has 0 aliphatic carbocycles. The summed E-state index contributed by atoms with van der Waals surface area (Å²) < 4.78 is 1.07. The van der Waals surface area contributed by atoms with Gasteiger partial charge in [0, 0.05) is 16.6 Å². The highest BCUT2D eigenvalue weighted by Gasteiger charge is 2.16. The first kappa shape index (κ1) is 16.5. The Balaban J connectivity index is 0.00000180. The molecule has 1 fully saturated rings. The second kappa shape index (κ2) is 7.88. The molecule has 0 unspecified atom stereocenters. The van der Waals surface area contributed by atoms with Crippen LogP contribution in [0.3, 0.4) is 0 Å². The number of benzene rings is 1. The highest BCUT2D eigenvalue weighted by molar-refractivity contribution is 9.10. The summed E-state index contributed by atoms with van der Waals surface area (Å²) in [5, 5.41) is 6.29. The lowest BCUT2D eigenvalue weighted by Crippen LogP contribution is -2.30. The first-order valence-corrected chi connectivity index (χ1v) is 7.21. The Hall–Kier alpha value is -0.580. The van der Waals surface area contributed by atoms with Gasteiger partial charge in [-0.1, -0.05) is 15.9 Å². The fraction of sp³-hybridized carbons (Fsp3) is 0.500. The molecule has 0 atom stereocenters. The summed E-state index contributed by atoms with van der Waals surface area (Å²) in [4.78, 5) is 11.9. The zero-order valence-corrected chi connectivity index (χ0v) is 13.4. The minimum atomic E-state index is 0. The highest BCUT2D eigenvalue weighted by atomic mass is 79.9. The quantitative estimate of drug-likeness (QED) is 0.878. The topological polar surface area (TPSA) is 41.1 Å². The van der Waals surface area contributed by atoms with Crippen molar-refractivity contribution in [1.29, 1.82) is 0 Å². The molecule has 1 aliphatic rings. The Bertz CT molecular complexity index is 433. The molecule has 1 aromatic rings. The van der Waals surface area contributed by atoms with Gasteiger partial charge in [-0.3, -0.25) is 4.79 Å². The third-order valence-corrected chi connectivity index (χ3v) is 4.26. The summed E-state index contributed by atoms with van der Waals surface area (Å²) in [5.41, 5.74) is 2.02. The number of piperidine rings is 1. The molecular formula is C14H20BrClN2O. The fourth-order valence-electron chi connectivity index (χ4n) is 2.28. The van der Waals surface area contributed by atoms with E-state index in [2.05, 4.69) is 26.6 Å². The number of nitrogens with one attached hydrogen (secondary N) is 2. The number of amides is 1. The number of hydrogen-bond acceptors (Lipinski definition) is 2. The van der Waals surface area contributed by atoms with Crippen LogP contribution < -0.4 is 10.6 Å². The molecule has 0 bridgehead atoms. The normalized spacial score (nSPS) is 15.7. The summed E-state index contributed by atoms with van der Waals surface area (Å²) >= 11 is 3.46. The lowest BCUT2D eigenvalue weighted by atomic mass is 9.94. The molecule has 0 radical (unpaired) electrons. The predicted octanol–water partition coefficient (Wildman–Crippen LogP) is 3.51. The first-order valence-electron chi connectivity index (χ1n) is 6.42. The van der Waals surface area contributed by atoms with E-state index in [0.29, 0.717) is 12.3 Å². The SMILES string of the molecule is Cc1cc(NC(=O)CC2CCNCC2)ccc1Br.Cl. The fourth-order valence-corrected chi connectivity index (χ4v) is 2.53. The van der Waals surface area contributed by atoms with Crippen LogP contribution >= 0.6 is 28.3 Å². The van der Waals surface area contributed by atoms with E-state index in [4.69, 9.17) is 0 Å². The van der Waals surface area contributed by atoms with Gasteiger partial charge in [0.25, 0.3) is 0 Å². The molecule has 2 rings (SSSR count). The standard InChI is InChI=1S/C14H19BrN2O.ClH/c1-10-8-12(2-3-13(10)15)17-14(18)9-11-4-6-16-7-5-11;/h2-3,8,11,16H,4-7,9H2,1H3,(H,17,18);1H. The lowest BCUT2D eigenvalue weighted by molar-refractivity contribution is -0.117. The van der Waals surface area contributed by atoms with Crippen molar-refractivity contribution in [3.63, 3.8) is 0 Å². The van der Waals surface area contributed by atoms with Crippen LogP contribution in [0.2, 0.25) is 0 Å². The molecule has 3 nitrogen and oxygen atoms in total. The smallest absolute Gasteiger partial charge is 0.224 e. The van der Waals surface area contributed by atoms with Crippen molar-refractivity contribution in [1.82, 2.24) is 5.32 Å². The molecule has 1 aliphatic heterocycles. The minimum absolute atomic E-state index is 0. The van der Waals surface area contributed by atoms with Crippen molar-refractivity contribution in [2.24, 2.45) is 5.92 Å². The van der Waals surface area contributed by atoms with Gasteiger partial charge in [0.2, 0.25) is 5.91 Å². The van der Waals surface area contributed by atoms with Crippen LogP contribution in [0.5, 0.6) is 0 Å². The zero-order valence-electron chi connectivity index (χ0n) is 11.0. The van der Waals surface area contributed by atoms with Gasteiger partial charge in [0.1, 0.15) is 0 Å². The third kappa shape index (κ3) is 5.13. The molecule has 0 spiro atoms. The maximum atomic E-state index is 11.9. The Morgan fingerprint density at radius 1 is 1.42 bits per heavy atom. The second-order valence-corrected chi connectivity index (χ2v) is 5.76. The monoisotopic (exact) mass is 346 g/mol. The summed E-state index contributed by atoms with van der Waals surface area (Å²) in [7, 11) is 0. The molecule has 1 amide bonds. The molecular weight excluding hydrogens is 328 g/mol. The summed E-state index contributed by atoms with van der Waals surface area (Å²) in [6.07, 6.45) is 2.84. The van der Waals surface area contributed by atoms with Crippen LogP contribution in [0.25, 0.3) is 0 Å². The molecule has 1 aromatic carbocycles. The molecule has 0 saturated carbocycles. The Kier molecular flexibility index (Phi) is 6.83. The number of anilines is 1. The van der Waals surface area contributed by atoms with Crippen LogP contribution in [0.4, 0.5) is 5.69 Å². The first-order chi connectivity index (χ1) is 8.65. The van der Waals surface area contributed by atoms with Crippen LogP contribution in [-0.4, -0.2) is 19.0 Å². The van der Waals surface area contributed by atoms with E-state index in [0.717, 1.165) is 41.7 Å². The largest absolute Gasteiger partial charge is 0.326 e.